The molecule has 4 nitrogen and oxygen atoms in total. The van der Waals surface area contributed by atoms with Crippen LogP contribution in [0.1, 0.15) is 37.8 Å². The fourth-order valence-electron chi connectivity index (χ4n) is 4.06. The molecule has 5 heteroatoms. The summed E-state index contributed by atoms with van der Waals surface area (Å²) in [4.78, 5) is 8.40. The number of anilines is 1. The van der Waals surface area contributed by atoms with Crippen LogP contribution in [0, 0.1) is 11.8 Å². The van der Waals surface area contributed by atoms with Crippen LogP contribution in [0.3, 0.4) is 0 Å². The molecule has 2 fully saturated rings. The zero-order valence-corrected chi connectivity index (χ0v) is 12.6. The number of piperidine rings is 1. The minimum Gasteiger partial charge on any atom is -0.355 e. The summed E-state index contributed by atoms with van der Waals surface area (Å²) in [6.07, 6.45) is 9.13. The molecule has 108 valence electrons. The first-order valence-corrected chi connectivity index (χ1v) is 8.64. The Bertz CT molecular complexity index is 602. The molecule has 4 rings (SSSR count). The van der Waals surface area contributed by atoms with Crippen molar-refractivity contribution >= 4 is 22.1 Å². The maximum absolute atomic E-state index is 5.98. The number of nitrogens with zero attached hydrogens (tertiary/aromatic N) is 3. The van der Waals surface area contributed by atoms with Gasteiger partial charge in [-0.1, -0.05) is 19.3 Å². The molecule has 20 heavy (non-hydrogen) atoms. The number of rotatable bonds is 2. The zero-order chi connectivity index (χ0) is 13.5. The SMILES string of the molecule is NCc1c(N2CCC3CCCCC3C2)nc2sccn12. The van der Waals surface area contributed by atoms with Crippen LogP contribution in [0.5, 0.6) is 0 Å². The fourth-order valence-corrected chi connectivity index (χ4v) is 4.79. The van der Waals surface area contributed by atoms with Gasteiger partial charge in [-0.05, 0) is 24.7 Å². The number of hydrogen-bond donors (Lipinski definition) is 1. The van der Waals surface area contributed by atoms with Crippen molar-refractivity contribution in [1.29, 1.82) is 0 Å². The molecule has 1 aliphatic heterocycles. The number of nitrogens with two attached hydrogens (primary N) is 1. The minimum absolute atomic E-state index is 0.567. The predicted octanol–water partition coefficient (Wildman–Crippen LogP) is 2.87. The summed E-state index contributed by atoms with van der Waals surface area (Å²) in [5, 5.41) is 2.08. The van der Waals surface area contributed by atoms with Crippen molar-refractivity contribution in [1.82, 2.24) is 9.38 Å². The summed E-state index contributed by atoms with van der Waals surface area (Å²) >= 11 is 1.69. The quantitative estimate of drug-likeness (QED) is 0.925. The number of hydrogen-bond acceptors (Lipinski definition) is 4. The summed E-state index contributed by atoms with van der Waals surface area (Å²) in [6.45, 7) is 2.90. The zero-order valence-electron chi connectivity index (χ0n) is 11.8. The van der Waals surface area contributed by atoms with E-state index in [4.69, 9.17) is 10.7 Å². The van der Waals surface area contributed by atoms with Gasteiger partial charge >= 0.3 is 0 Å². The maximum Gasteiger partial charge on any atom is 0.195 e. The smallest absolute Gasteiger partial charge is 0.195 e. The lowest BCUT2D eigenvalue weighted by molar-refractivity contribution is 0.202. The van der Waals surface area contributed by atoms with Crippen LogP contribution in [0.25, 0.3) is 4.96 Å². The largest absolute Gasteiger partial charge is 0.355 e. The summed E-state index contributed by atoms with van der Waals surface area (Å²) in [7, 11) is 0. The monoisotopic (exact) mass is 290 g/mol. The van der Waals surface area contributed by atoms with Crippen molar-refractivity contribution < 1.29 is 0 Å². The van der Waals surface area contributed by atoms with E-state index in [9.17, 15) is 0 Å². The Balaban J connectivity index is 1.64. The van der Waals surface area contributed by atoms with Gasteiger partial charge in [-0.2, -0.15) is 0 Å². The first kappa shape index (κ1) is 12.7. The predicted molar refractivity (Wildman–Crippen MR) is 83.2 cm³/mol. The standard InChI is InChI=1S/C15H22N4S/c16-9-13-14(17-15-19(13)7-8-20-15)18-6-5-11-3-1-2-4-12(11)10-18/h7-8,11-12H,1-6,9-10,16H2. The van der Waals surface area contributed by atoms with Crippen LogP contribution in [0.15, 0.2) is 11.6 Å². The van der Waals surface area contributed by atoms with E-state index in [1.807, 2.05) is 0 Å². The highest BCUT2D eigenvalue weighted by molar-refractivity contribution is 7.15. The Morgan fingerprint density at radius 1 is 1.25 bits per heavy atom. The van der Waals surface area contributed by atoms with Crippen molar-refractivity contribution in [3.8, 4) is 0 Å². The number of thiazole rings is 1. The summed E-state index contributed by atoms with van der Waals surface area (Å²) < 4.78 is 2.16. The molecule has 1 saturated heterocycles. The van der Waals surface area contributed by atoms with Gasteiger partial charge in [0.1, 0.15) is 0 Å². The van der Waals surface area contributed by atoms with Crippen LogP contribution < -0.4 is 10.6 Å². The van der Waals surface area contributed by atoms with Crippen molar-refractivity contribution in [3.05, 3.63) is 17.3 Å². The molecule has 2 aliphatic rings. The van der Waals surface area contributed by atoms with Gasteiger partial charge in [0.15, 0.2) is 10.8 Å². The van der Waals surface area contributed by atoms with E-state index < -0.39 is 0 Å². The van der Waals surface area contributed by atoms with E-state index >= 15 is 0 Å². The molecule has 2 N–H and O–H groups in total. The molecule has 2 aromatic heterocycles. The van der Waals surface area contributed by atoms with E-state index in [1.165, 1.54) is 44.3 Å². The maximum atomic E-state index is 5.98. The molecular formula is C15H22N4S. The van der Waals surface area contributed by atoms with Gasteiger partial charge in [-0.25, -0.2) is 4.98 Å². The molecule has 3 heterocycles. The Labute approximate surface area is 123 Å². The molecule has 1 aliphatic carbocycles. The van der Waals surface area contributed by atoms with Crippen molar-refractivity contribution in [2.45, 2.75) is 38.6 Å². The van der Waals surface area contributed by atoms with Crippen LogP contribution in [-0.2, 0) is 6.54 Å². The molecule has 0 bridgehead atoms. The number of aromatic nitrogens is 2. The van der Waals surface area contributed by atoms with Crippen LogP contribution in [0.2, 0.25) is 0 Å². The third-order valence-electron chi connectivity index (χ3n) is 5.12. The molecule has 0 radical (unpaired) electrons. The van der Waals surface area contributed by atoms with Crippen molar-refractivity contribution in [3.63, 3.8) is 0 Å². The lowest BCUT2D eigenvalue weighted by Crippen LogP contribution is -2.42. The van der Waals surface area contributed by atoms with Gasteiger partial charge in [-0.3, -0.25) is 4.40 Å². The van der Waals surface area contributed by atoms with Gasteiger partial charge in [0, 0.05) is 31.2 Å². The minimum atomic E-state index is 0.567. The fraction of sp³-hybridized carbons (Fsp3) is 0.667. The Hall–Kier alpha value is -1.07. The summed E-state index contributed by atoms with van der Waals surface area (Å²) in [6, 6.07) is 0. The van der Waals surface area contributed by atoms with E-state index in [-0.39, 0.29) is 0 Å². The second kappa shape index (κ2) is 5.04. The molecule has 2 aromatic rings. The topological polar surface area (TPSA) is 46.6 Å². The van der Waals surface area contributed by atoms with E-state index in [2.05, 4.69) is 20.9 Å². The third kappa shape index (κ3) is 1.95. The van der Waals surface area contributed by atoms with Gasteiger partial charge in [0.2, 0.25) is 0 Å². The Morgan fingerprint density at radius 3 is 2.95 bits per heavy atom. The van der Waals surface area contributed by atoms with Gasteiger partial charge in [0.05, 0.1) is 5.69 Å². The van der Waals surface area contributed by atoms with E-state index in [1.54, 1.807) is 11.3 Å². The molecule has 0 spiro atoms. The highest BCUT2D eigenvalue weighted by atomic mass is 32.1. The highest BCUT2D eigenvalue weighted by Gasteiger charge is 2.32. The summed E-state index contributed by atoms with van der Waals surface area (Å²) in [5.41, 5.74) is 7.15. The highest BCUT2D eigenvalue weighted by Crippen LogP contribution is 2.38. The van der Waals surface area contributed by atoms with Gasteiger partial charge in [0.25, 0.3) is 0 Å². The average molecular weight is 290 g/mol. The molecule has 2 unspecified atom stereocenters. The second-order valence-corrected chi connectivity index (χ2v) is 7.05. The average Bonchev–Trinajstić information content (AvgIpc) is 3.07. The Morgan fingerprint density at radius 2 is 2.10 bits per heavy atom. The Kier molecular flexibility index (Phi) is 3.19. The normalized spacial score (nSPS) is 26.9. The molecule has 0 aromatic carbocycles. The molecule has 0 amide bonds. The molecule has 1 saturated carbocycles. The van der Waals surface area contributed by atoms with Crippen LogP contribution >= 0.6 is 11.3 Å². The second-order valence-electron chi connectivity index (χ2n) is 6.18. The van der Waals surface area contributed by atoms with Crippen LogP contribution in [-0.4, -0.2) is 22.5 Å². The first-order valence-electron chi connectivity index (χ1n) is 7.76. The number of imidazole rings is 1. The van der Waals surface area contributed by atoms with Crippen LogP contribution in [0.4, 0.5) is 5.82 Å². The lowest BCUT2D eigenvalue weighted by Gasteiger charge is -2.41. The van der Waals surface area contributed by atoms with E-state index in [0.29, 0.717) is 6.54 Å². The third-order valence-corrected chi connectivity index (χ3v) is 5.88. The summed E-state index contributed by atoms with van der Waals surface area (Å²) in [5.74, 6) is 2.98. The van der Waals surface area contributed by atoms with Crippen molar-refractivity contribution in [2.75, 3.05) is 18.0 Å². The van der Waals surface area contributed by atoms with Gasteiger partial charge < -0.3 is 10.6 Å². The van der Waals surface area contributed by atoms with E-state index in [0.717, 1.165) is 29.2 Å². The first-order chi connectivity index (χ1) is 9.86. The lowest BCUT2D eigenvalue weighted by atomic mass is 9.75. The molecular weight excluding hydrogens is 268 g/mol. The van der Waals surface area contributed by atoms with Crippen molar-refractivity contribution in [2.24, 2.45) is 17.6 Å². The number of fused-ring (bicyclic) bond motifs is 2. The van der Waals surface area contributed by atoms with Gasteiger partial charge in [-0.15, -0.1) is 11.3 Å². The molecule has 2 atom stereocenters.